The summed E-state index contributed by atoms with van der Waals surface area (Å²) in [5.41, 5.74) is 1.51. The van der Waals surface area contributed by atoms with Crippen LogP contribution in [0, 0.1) is 0 Å². The van der Waals surface area contributed by atoms with Gasteiger partial charge in [-0.05, 0) is 0 Å². The van der Waals surface area contributed by atoms with E-state index in [9.17, 15) is 4.79 Å². The normalized spacial score (nSPS) is 10.9. The second kappa shape index (κ2) is 6.07. The summed E-state index contributed by atoms with van der Waals surface area (Å²) in [6.45, 7) is 4.05. The molecule has 0 aliphatic rings. The van der Waals surface area contributed by atoms with Crippen LogP contribution in [0.1, 0.15) is 35.3 Å². The molecule has 3 aromatic rings. The first-order valence-corrected chi connectivity index (χ1v) is 7.62. The molecule has 0 saturated heterocycles. The van der Waals surface area contributed by atoms with E-state index >= 15 is 0 Å². The van der Waals surface area contributed by atoms with E-state index < -0.39 is 0 Å². The lowest BCUT2D eigenvalue weighted by atomic mass is 10.1. The van der Waals surface area contributed by atoms with Gasteiger partial charge in [0.25, 0.3) is 5.91 Å². The summed E-state index contributed by atoms with van der Waals surface area (Å²) in [6, 6.07) is 11.1. The van der Waals surface area contributed by atoms with Gasteiger partial charge in [-0.25, -0.2) is 0 Å². The molecule has 0 radical (unpaired) electrons. The van der Waals surface area contributed by atoms with E-state index in [-0.39, 0.29) is 17.6 Å². The van der Waals surface area contributed by atoms with Crippen LogP contribution in [0.25, 0.3) is 11.3 Å². The lowest BCUT2D eigenvalue weighted by molar-refractivity contribution is 0.0988. The summed E-state index contributed by atoms with van der Waals surface area (Å²) in [6.07, 6.45) is 0. The molecule has 0 atom stereocenters. The van der Waals surface area contributed by atoms with Gasteiger partial charge in [-0.1, -0.05) is 60.7 Å². The Morgan fingerprint density at radius 3 is 2.68 bits per heavy atom. The molecular formula is C15H14N4O2S. The minimum atomic E-state index is -0.388. The molecule has 0 unspecified atom stereocenters. The zero-order valence-electron chi connectivity index (χ0n) is 12.1. The summed E-state index contributed by atoms with van der Waals surface area (Å²) in [5, 5.41) is 15.9. The van der Waals surface area contributed by atoms with Crippen molar-refractivity contribution in [2.45, 2.75) is 19.8 Å². The molecule has 2 aromatic heterocycles. The molecule has 3 rings (SSSR count). The van der Waals surface area contributed by atoms with Crippen molar-refractivity contribution in [1.82, 2.24) is 15.4 Å². The fraction of sp³-hybridized carbons (Fsp3) is 0.200. The molecule has 2 heterocycles. The number of nitrogens with zero attached hydrogens (tertiary/aromatic N) is 3. The monoisotopic (exact) mass is 314 g/mol. The van der Waals surface area contributed by atoms with E-state index in [4.69, 9.17) is 4.52 Å². The Bertz CT molecular complexity index is 780. The molecule has 22 heavy (non-hydrogen) atoms. The Morgan fingerprint density at radius 1 is 1.23 bits per heavy atom. The molecular weight excluding hydrogens is 300 g/mol. The van der Waals surface area contributed by atoms with E-state index in [0.717, 1.165) is 10.6 Å². The highest BCUT2D eigenvalue weighted by Gasteiger charge is 2.16. The van der Waals surface area contributed by atoms with Crippen molar-refractivity contribution in [3.05, 3.63) is 47.2 Å². The van der Waals surface area contributed by atoms with E-state index in [2.05, 4.69) is 20.7 Å². The second-order valence-corrected chi connectivity index (χ2v) is 6.01. The largest absolute Gasteiger partial charge is 0.350 e. The summed E-state index contributed by atoms with van der Waals surface area (Å²) >= 11 is 1.35. The van der Waals surface area contributed by atoms with E-state index in [1.54, 1.807) is 6.07 Å². The molecule has 6 nitrogen and oxygen atoms in total. The third-order valence-electron chi connectivity index (χ3n) is 2.96. The molecule has 0 spiro atoms. The van der Waals surface area contributed by atoms with E-state index in [0.29, 0.717) is 10.8 Å². The molecule has 112 valence electrons. The Balaban J connectivity index is 1.74. The Kier molecular flexibility index (Phi) is 3.97. The van der Waals surface area contributed by atoms with Gasteiger partial charge in [0.15, 0.2) is 0 Å². The van der Waals surface area contributed by atoms with Crippen molar-refractivity contribution < 1.29 is 9.32 Å². The van der Waals surface area contributed by atoms with Crippen LogP contribution in [-0.2, 0) is 0 Å². The third-order valence-corrected chi connectivity index (χ3v) is 4.10. The van der Waals surface area contributed by atoms with Crippen molar-refractivity contribution in [1.29, 1.82) is 0 Å². The van der Waals surface area contributed by atoms with Crippen LogP contribution in [0.15, 0.2) is 40.9 Å². The van der Waals surface area contributed by atoms with Gasteiger partial charge in [0.05, 0.1) is 0 Å². The maximum absolute atomic E-state index is 12.1. The van der Waals surface area contributed by atoms with Gasteiger partial charge in [-0.2, -0.15) is 0 Å². The first-order valence-electron chi connectivity index (χ1n) is 6.80. The van der Waals surface area contributed by atoms with Gasteiger partial charge in [-0.15, -0.1) is 10.2 Å². The summed E-state index contributed by atoms with van der Waals surface area (Å²) < 4.78 is 5.10. The Labute approximate surface area is 131 Å². The smallest absolute Gasteiger partial charge is 0.296 e. The average Bonchev–Trinajstić information content (AvgIpc) is 3.17. The molecule has 1 aromatic carbocycles. The number of anilines is 1. The van der Waals surface area contributed by atoms with Crippen LogP contribution in [0.5, 0.6) is 0 Å². The number of amides is 1. The van der Waals surface area contributed by atoms with E-state index in [1.807, 2.05) is 44.2 Å². The molecule has 1 amide bonds. The standard InChI is InChI=1S/C15H14N4O2S/c1-9(2)14-17-18-15(22-14)16-13(20)12-8-11(19-21-12)10-6-4-3-5-7-10/h3-9H,1-2H3,(H,16,18,20). The molecule has 7 heteroatoms. The second-order valence-electron chi connectivity index (χ2n) is 5.00. The number of rotatable bonds is 4. The molecule has 1 N–H and O–H groups in total. The minimum Gasteiger partial charge on any atom is -0.350 e. The van der Waals surface area contributed by atoms with Gasteiger partial charge in [0.1, 0.15) is 10.7 Å². The highest BCUT2D eigenvalue weighted by molar-refractivity contribution is 7.15. The summed E-state index contributed by atoms with van der Waals surface area (Å²) in [7, 11) is 0. The summed E-state index contributed by atoms with van der Waals surface area (Å²) in [4.78, 5) is 12.1. The predicted molar refractivity (Wildman–Crippen MR) is 83.9 cm³/mol. The fourth-order valence-electron chi connectivity index (χ4n) is 1.80. The van der Waals surface area contributed by atoms with Crippen molar-refractivity contribution >= 4 is 22.4 Å². The maximum atomic E-state index is 12.1. The lowest BCUT2D eigenvalue weighted by Crippen LogP contribution is -2.10. The average molecular weight is 314 g/mol. The number of aromatic nitrogens is 3. The maximum Gasteiger partial charge on any atom is 0.296 e. The Hall–Kier alpha value is -2.54. The number of carbonyl (C=O) groups is 1. The van der Waals surface area contributed by atoms with Crippen molar-refractivity contribution in [2.75, 3.05) is 5.32 Å². The number of carbonyl (C=O) groups excluding carboxylic acids is 1. The van der Waals surface area contributed by atoms with Gasteiger partial charge in [-0.3, -0.25) is 10.1 Å². The number of nitrogens with one attached hydrogen (secondary N) is 1. The molecule has 0 aliphatic carbocycles. The molecule has 0 saturated carbocycles. The first kappa shape index (κ1) is 14.4. The minimum absolute atomic E-state index is 0.139. The number of hydrogen-bond acceptors (Lipinski definition) is 6. The molecule has 0 aliphatic heterocycles. The number of benzene rings is 1. The quantitative estimate of drug-likeness (QED) is 0.796. The zero-order valence-corrected chi connectivity index (χ0v) is 12.9. The van der Waals surface area contributed by atoms with Crippen LogP contribution < -0.4 is 5.32 Å². The lowest BCUT2D eigenvalue weighted by Gasteiger charge is -1.96. The molecule has 0 fully saturated rings. The van der Waals surface area contributed by atoms with Crippen LogP contribution >= 0.6 is 11.3 Å². The Morgan fingerprint density at radius 2 is 2.00 bits per heavy atom. The van der Waals surface area contributed by atoms with Crippen LogP contribution in [0.3, 0.4) is 0 Å². The van der Waals surface area contributed by atoms with Gasteiger partial charge >= 0.3 is 0 Å². The van der Waals surface area contributed by atoms with Crippen molar-refractivity contribution in [2.24, 2.45) is 0 Å². The van der Waals surface area contributed by atoms with Crippen LogP contribution in [0.4, 0.5) is 5.13 Å². The molecule has 0 bridgehead atoms. The zero-order chi connectivity index (χ0) is 15.5. The van der Waals surface area contributed by atoms with Crippen LogP contribution in [-0.4, -0.2) is 21.3 Å². The number of hydrogen-bond donors (Lipinski definition) is 1. The van der Waals surface area contributed by atoms with Crippen molar-refractivity contribution in [3.8, 4) is 11.3 Å². The first-order chi connectivity index (χ1) is 10.6. The van der Waals surface area contributed by atoms with Gasteiger partial charge in [0.2, 0.25) is 10.9 Å². The van der Waals surface area contributed by atoms with Gasteiger partial charge in [0, 0.05) is 17.5 Å². The highest BCUT2D eigenvalue weighted by Crippen LogP contribution is 2.23. The predicted octanol–water partition coefficient (Wildman–Crippen LogP) is 3.57. The summed E-state index contributed by atoms with van der Waals surface area (Å²) in [5.74, 6) is 0.0272. The van der Waals surface area contributed by atoms with Crippen LogP contribution in [0.2, 0.25) is 0 Å². The third kappa shape index (κ3) is 3.04. The fourth-order valence-corrected chi connectivity index (χ4v) is 2.55. The topological polar surface area (TPSA) is 80.9 Å². The highest BCUT2D eigenvalue weighted by atomic mass is 32.1. The van der Waals surface area contributed by atoms with Crippen molar-refractivity contribution in [3.63, 3.8) is 0 Å². The van der Waals surface area contributed by atoms with Gasteiger partial charge < -0.3 is 4.52 Å². The van der Waals surface area contributed by atoms with E-state index in [1.165, 1.54) is 11.3 Å². The SMILES string of the molecule is CC(C)c1nnc(NC(=O)c2cc(-c3ccccc3)no2)s1.